The molecule has 1 amide bonds. The van der Waals surface area contributed by atoms with Crippen LogP contribution in [0.25, 0.3) is 32.3 Å². The van der Waals surface area contributed by atoms with Crippen LogP contribution >= 0.6 is 0 Å². The van der Waals surface area contributed by atoms with Crippen LogP contribution in [0.15, 0.2) is 54.6 Å². The summed E-state index contributed by atoms with van der Waals surface area (Å²) in [7, 11) is 2.10. The van der Waals surface area contributed by atoms with Crippen LogP contribution in [-0.2, 0) is 11.2 Å². The number of hydrogen-bond donors (Lipinski definition) is 3. The van der Waals surface area contributed by atoms with E-state index >= 15 is 0 Å². The van der Waals surface area contributed by atoms with Gasteiger partial charge in [-0.3, -0.25) is 9.69 Å². The molecule has 0 atom stereocenters. The van der Waals surface area contributed by atoms with Crippen molar-refractivity contribution in [2.75, 3.05) is 39.9 Å². The fourth-order valence-electron chi connectivity index (χ4n) is 8.06. The van der Waals surface area contributed by atoms with E-state index in [-0.39, 0.29) is 24.5 Å². The molecule has 1 aliphatic heterocycles. The minimum absolute atomic E-state index is 0.00991. The van der Waals surface area contributed by atoms with Gasteiger partial charge in [0, 0.05) is 25.2 Å². The first-order chi connectivity index (χ1) is 20.7. The van der Waals surface area contributed by atoms with Crippen LogP contribution < -0.4 is 5.32 Å². The zero-order chi connectivity index (χ0) is 31.9. The van der Waals surface area contributed by atoms with E-state index in [1.54, 1.807) is 0 Å². The number of aliphatic hydroxyl groups is 2. The monoisotopic (exact) mass is 599 g/mol. The number of nitrogens with zero attached hydrogens (tertiary/aromatic N) is 2. The lowest BCUT2D eigenvalue weighted by molar-refractivity contribution is -0.151. The Morgan fingerprint density at radius 1 is 0.864 bits per heavy atom. The lowest BCUT2D eigenvalue weighted by Crippen LogP contribution is -2.71. The Bertz CT molecular complexity index is 1580. The van der Waals surface area contributed by atoms with Crippen LogP contribution in [0.4, 0.5) is 0 Å². The van der Waals surface area contributed by atoms with Gasteiger partial charge in [-0.25, -0.2) is 0 Å². The Morgan fingerprint density at radius 2 is 1.43 bits per heavy atom. The highest BCUT2D eigenvalue weighted by Gasteiger charge is 2.52. The number of benzene rings is 4. The van der Waals surface area contributed by atoms with Crippen molar-refractivity contribution < 1.29 is 15.0 Å². The van der Waals surface area contributed by atoms with E-state index in [9.17, 15) is 15.0 Å². The Balaban J connectivity index is 1.47. The number of aryl methyl sites for hydroxylation is 1. The average molecular weight is 600 g/mol. The SMILES string of the molecule is CN1CCC(C(=O)NC(C)(C)CC(C)(C)C)(N(CCCc2ccc3ccc4cccc5ccc2c3c45)C(C)(CO)CO)CC1. The second-order valence-electron chi connectivity index (χ2n) is 15.6. The third-order valence-corrected chi connectivity index (χ3v) is 9.96. The van der Waals surface area contributed by atoms with E-state index in [0.717, 1.165) is 32.4 Å². The molecule has 3 N–H and O–H groups in total. The van der Waals surface area contributed by atoms with Crippen LogP contribution in [-0.4, -0.2) is 82.4 Å². The molecule has 0 spiro atoms. The topological polar surface area (TPSA) is 76.0 Å². The zero-order valence-corrected chi connectivity index (χ0v) is 28.0. The molecule has 0 aromatic heterocycles. The second-order valence-corrected chi connectivity index (χ2v) is 15.6. The second kappa shape index (κ2) is 12.2. The van der Waals surface area contributed by atoms with Crippen molar-refractivity contribution in [2.45, 2.75) is 90.3 Å². The smallest absolute Gasteiger partial charge is 0.241 e. The minimum Gasteiger partial charge on any atom is -0.394 e. The van der Waals surface area contributed by atoms with Crippen molar-refractivity contribution >= 4 is 38.2 Å². The van der Waals surface area contributed by atoms with Crippen molar-refractivity contribution in [3.8, 4) is 0 Å². The van der Waals surface area contributed by atoms with Crippen LogP contribution in [0.3, 0.4) is 0 Å². The van der Waals surface area contributed by atoms with E-state index in [1.807, 2.05) is 6.92 Å². The fraction of sp³-hybridized carbons (Fsp3) is 0.553. The first-order valence-corrected chi connectivity index (χ1v) is 16.4. The molecular formula is C38H53N3O3. The maximum atomic E-state index is 14.5. The summed E-state index contributed by atoms with van der Waals surface area (Å²) in [6.45, 7) is 14.4. The highest BCUT2D eigenvalue weighted by atomic mass is 16.3. The van der Waals surface area contributed by atoms with Gasteiger partial charge in [-0.1, -0.05) is 75.4 Å². The van der Waals surface area contributed by atoms with Gasteiger partial charge in [0.1, 0.15) is 5.54 Å². The number of rotatable bonds is 11. The number of amides is 1. The summed E-state index contributed by atoms with van der Waals surface area (Å²) in [5.41, 5.74) is -0.816. The van der Waals surface area contributed by atoms with Gasteiger partial charge in [-0.05, 0) is 103 Å². The summed E-state index contributed by atoms with van der Waals surface area (Å²) < 4.78 is 0. The first-order valence-electron chi connectivity index (χ1n) is 16.4. The van der Waals surface area contributed by atoms with Crippen molar-refractivity contribution in [1.82, 2.24) is 15.1 Å². The predicted molar refractivity (Wildman–Crippen MR) is 184 cm³/mol. The standard InChI is InChI=1S/C38H53N3O3/c1-35(2,3)24-36(4,5)39-34(44)38(19-22-40(7)23-20-38)41(37(6,25-42)26-43)21-9-12-27-13-14-30-16-15-28-10-8-11-29-17-18-31(27)33(30)32(28)29/h8,10-11,13-18,42-43H,9,12,19-26H2,1-7H3,(H,39,44). The Hall–Kier alpha value is -2.77. The molecule has 6 nitrogen and oxygen atoms in total. The van der Waals surface area contributed by atoms with Crippen LogP contribution in [0, 0.1) is 5.41 Å². The summed E-state index contributed by atoms with van der Waals surface area (Å²) in [6, 6.07) is 19.9. The summed E-state index contributed by atoms with van der Waals surface area (Å²) in [6.07, 6.45) is 3.78. The van der Waals surface area contributed by atoms with Gasteiger partial charge in [0.2, 0.25) is 5.91 Å². The summed E-state index contributed by atoms with van der Waals surface area (Å²) in [5, 5.41) is 32.5. The molecule has 4 aromatic carbocycles. The average Bonchev–Trinajstić information content (AvgIpc) is 2.97. The predicted octanol–water partition coefficient (Wildman–Crippen LogP) is 6.36. The Labute approximate surface area is 263 Å². The van der Waals surface area contributed by atoms with Crippen molar-refractivity contribution in [3.05, 3.63) is 60.2 Å². The molecule has 0 saturated carbocycles. The number of piperidine rings is 1. The zero-order valence-electron chi connectivity index (χ0n) is 28.0. The highest BCUT2D eigenvalue weighted by Crippen LogP contribution is 2.39. The molecule has 6 heteroatoms. The van der Waals surface area contributed by atoms with Gasteiger partial charge in [0.15, 0.2) is 0 Å². The number of hydrogen-bond acceptors (Lipinski definition) is 5. The van der Waals surface area contributed by atoms with Crippen LogP contribution in [0.1, 0.15) is 72.8 Å². The molecule has 4 aromatic rings. The summed E-state index contributed by atoms with van der Waals surface area (Å²) in [5.74, 6) is 0.00991. The van der Waals surface area contributed by atoms with E-state index in [4.69, 9.17) is 0 Å². The van der Waals surface area contributed by atoms with E-state index < -0.39 is 16.6 Å². The number of carbonyl (C=O) groups is 1. The molecule has 0 unspecified atom stereocenters. The number of likely N-dealkylation sites (tertiary alicyclic amines) is 1. The highest BCUT2D eigenvalue weighted by molar-refractivity contribution is 6.23. The van der Waals surface area contributed by atoms with Gasteiger partial charge >= 0.3 is 0 Å². The molecule has 1 saturated heterocycles. The number of carbonyl (C=O) groups excluding carboxylic acids is 1. The minimum atomic E-state index is -0.940. The van der Waals surface area contributed by atoms with Gasteiger partial charge in [0.25, 0.3) is 0 Å². The maximum Gasteiger partial charge on any atom is 0.241 e. The molecule has 1 heterocycles. The van der Waals surface area contributed by atoms with Gasteiger partial charge in [0.05, 0.1) is 18.8 Å². The molecule has 0 bridgehead atoms. The maximum absolute atomic E-state index is 14.5. The van der Waals surface area contributed by atoms with Crippen LogP contribution in [0.2, 0.25) is 0 Å². The first kappa shape index (κ1) is 32.6. The third-order valence-electron chi connectivity index (χ3n) is 9.96. The van der Waals surface area contributed by atoms with E-state index in [2.05, 4.69) is 111 Å². The molecular weight excluding hydrogens is 546 g/mol. The van der Waals surface area contributed by atoms with Crippen molar-refractivity contribution in [1.29, 1.82) is 0 Å². The molecule has 0 aliphatic carbocycles. The van der Waals surface area contributed by atoms with E-state index in [1.165, 1.54) is 37.9 Å². The van der Waals surface area contributed by atoms with Gasteiger partial charge in [-0.2, -0.15) is 0 Å². The number of aliphatic hydroxyl groups excluding tert-OH is 2. The quantitative estimate of drug-likeness (QED) is 0.175. The number of nitrogens with one attached hydrogen (secondary N) is 1. The molecule has 238 valence electrons. The molecule has 5 rings (SSSR count). The third kappa shape index (κ3) is 6.32. The molecule has 44 heavy (non-hydrogen) atoms. The van der Waals surface area contributed by atoms with E-state index in [0.29, 0.717) is 19.4 Å². The summed E-state index contributed by atoms with van der Waals surface area (Å²) >= 11 is 0. The molecule has 1 aliphatic rings. The van der Waals surface area contributed by atoms with Crippen molar-refractivity contribution in [3.63, 3.8) is 0 Å². The lowest BCUT2D eigenvalue weighted by atomic mass is 9.78. The lowest BCUT2D eigenvalue weighted by Gasteiger charge is -2.54. The van der Waals surface area contributed by atoms with Gasteiger partial charge in [-0.15, -0.1) is 0 Å². The van der Waals surface area contributed by atoms with Crippen molar-refractivity contribution in [2.24, 2.45) is 5.41 Å². The summed E-state index contributed by atoms with van der Waals surface area (Å²) in [4.78, 5) is 19.0. The fourth-order valence-corrected chi connectivity index (χ4v) is 8.06. The van der Waals surface area contributed by atoms with Gasteiger partial charge < -0.3 is 20.4 Å². The normalized spacial score (nSPS) is 16.9. The Morgan fingerprint density at radius 3 is 2.02 bits per heavy atom. The van der Waals surface area contributed by atoms with Crippen LogP contribution in [0.5, 0.6) is 0 Å². The largest absolute Gasteiger partial charge is 0.394 e. The molecule has 1 fully saturated rings. The molecule has 0 radical (unpaired) electrons. The Kier molecular flexibility index (Phi) is 9.05.